The molecule has 0 spiro atoms. The van der Waals surface area contributed by atoms with Crippen LogP contribution in [0.15, 0.2) is 0 Å². The van der Waals surface area contributed by atoms with Gasteiger partial charge in [-0.05, 0) is 20.8 Å². The first-order chi connectivity index (χ1) is 8.65. The number of hydrogen-bond donors (Lipinski definition) is 1. The number of methoxy groups -OCH3 is 1. The standard InChI is InChI=1S/C10H18N2O6S/c1-10(2,3)18-9(14)11-7(8(13)17-4)5-19-6-12(15)16/h7H,5-6H2,1-4H3,(H,11,14)/t7-/m0/s1. The number of thioether (sulfide) groups is 1. The number of nitrogens with one attached hydrogen (secondary N) is 1. The molecule has 0 aromatic rings. The van der Waals surface area contributed by atoms with Gasteiger partial charge >= 0.3 is 12.1 Å². The maximum atomic E-state index is 11.5. The molecule has 0 aliphatic carbocycles. The van der Waals surface area contributed by atoms with Gasteiger partial charge in [-0.15, -0.1) is 0 Å². The van der Waals surface area contributed by atoms with E-state index in [1.807, 2.05) is 0 Å². The number of carbonyl (C=O) groups is 2. The molecule has 0 saturated carbocycles. The van der Waals surface area contributed by atoms with Gasteiger partial charge in [0.1, 0.15) is 11.6 Å². The van der Waals surface area contributed by atoms with E-state index in [0.29, 0.717) is 0 Å². The number of nitro groups is 1. The Morgan fingerprint density at radius 1 is 1.42 bits per heavy atom. The Labute approximate surface area is 115 Å². The third-order valence-electron chi connectivity index (χ3n) is 1.66. The first-order valence-electron chi connectivity index (χ1n) is 5.42. The average molecular weight is 294 g/mol. The highest BCUT2D eigenvalue weighted by Gasteiger charge is 2.25. The lowest BCUT2D eigenvalue weighted by molar-refractivity contribution is -0.456. The van der Waals surface area contributed by atoms with E-state index in [1.54, 1.807) is 20.8 Å². The van der Waals surface area contributed by atoms with Crippen LogP contribution in [0.2, 0.25) is 0 Å². The largest absolute Gasteiger partial charge is 0.467 e. The molecule has 0 bridgehead atoms. The van der Waals surface area contributed by atoms with Crippen molar-refractivity contribution in [1.29, 1.82) is 0 Å². The van der Waals surface area contributed by atoms with Gasteiger partial charge in [-0.25, -0.2) is 9.59 Å². The summed E-state index contributed by atoms with van der Waals surface area (Å²) in [5.41, 5.74) is -0.696. The number of hydrogen-bond acceptors (Lipinski definition) is 7. The van der Waals surface area contributed by atoms with E-state index in [1.165, 1.54) is 7.11 Å². The van der Waals surface area contributed by atoms with E-state index in [2.05, 4.69) is 10.1 Å². The molecule has 1 N–H and O–H groups in total. The lowest BCUT2D eigenvalue weighted by Crippen LogP contribution is -2.45. The molecular formula is C10H18N2O6S. The van der Waals surface area contributed by atoms with Crippen LogP contribution in [-0.4, -0.2) is 47.4 Å². The fraction of sp³-hybridized carbons (Fsp3) is 0.800. The molecule has 19 heavy (non-hydrogen) atoms. The highest BCUT2D eigenvalue weighted by atomic mass is 32.2. The molecule has 0 heterocycles. The molecule has 110 valence electrons. The molecule has 1 amide bonds. The zero-order valence-corrected chi connectivity index (χ0v) is 12.1. The van der Waals surface area contributed by atoms with Gasteiger partial charge in [-0.3, -0.25) is 10.1 Å². The first kappa shape index (κ1) is 17.5. The topological polar surface area (TPSA) is 108 Å². The van der Waals surface area contributed by atoms with Crippen LogP contribution in [0.25, 0.3) is 0 Å². The maximum absolute atomic E-state index is 11.5. The quantitative estimate of drug-likeness (QED) is 0.337. The summed E-state index contributed by atoms with van der Waals surface area (Å²) in [6.07, 6.45) is -0.774. The molecule has 0 radical (unpaired) electrons. The van der Waals surface area contributed by atoms with Crippen LogP contribution in [0.3, 0.4) is 0 Å². The summed E-state index contributed by atoms with van der Waals surface area (Å²) < 4.78 is 9.50. The summed E-state index contributed by atoms with van der Waals surface area (Å²) in [7, 11) is 1.17. The number of esters is 1. The molecule has 0 rings (SSSR count). The zero-order valence-electron chi connectivity index (χ0n) is 11.3. The maximum Gasteiger partial charge on any atom is 0.408 e. The zero-order chi connectivity index (χ0) is 15.1. The molecular weight excluding hydrogens is 276 g/mol. The minimum Gasteiger partial charge on any atom is -0.467 e. The molecule has 0 fully saturated rings. The number of nitrogens with zero attached hydrogens (tertiary/aromatic N) is 1. The number of rotatable bonds is 6. The second-order valence-corrected chi connectivity index (χ2v) is 5.55. The number of ether oxygens (including phenoxy) is 2. The minimum absolute atomic E-state index is 0.0346. The van der Waals surface area contributed by atoms with Crippen LogP contribution in [-0.2, 0) is 14.3 Å². The van der Waals surface area contributed by atoms with Crippen molar-refractivity contribution in [1.82, 2.24) is 5.32 Å². The molecule has 0 unspecified atom stereocenters. The SMILES string of the molecule is COC(=O)[C@H](CSC[N+](=O)[O-])NC(=O)OC(C)(C)C. The predicted molar refractivity (Wildman–Crippen MR) is 69.5 cm³/mol. The third-order valence-corrected chi connectivity index (χ3v) is 2.62. The summed E-state index contributed by atoms with van der Waals surface area (Å²) in [5.74, 6) is -1.00. The van der Waals surface area contributed by atoms with Gasteiger partial charge < -0.3 is 14.8 Å². The molecule has 0 aliphatic rings. The van der Waals surface area contributed by atoms with E-state index in [9.17, 15) is 19.7 Å². The van der Waals surface area contributed by atoms with Gasteiger partial charge in [-0.1, -0.05) is 11.8 Å². The van der Waals surface area contributed by atoms with Gasteiger partial charge in [0.2, 0.25) is 5.88 Å². The van der Waals surface area contributed by atoms with Crippen molar-refractivity contribution in [3.63, 3.8) is 0 Å². The number of alkyl carbamates (subject to hydrolysis) is 1. The van der Waals surface area contributed by atoms with Crippen molar-refractivity contribution in [2.24, 2.45) is 0 Å². The molecule has 0 aliphatic heterocycles. The van der Waals surface area contributed by atoms with Crippen molar-refractivity contribution in [3.8, 4) is 0 Å². The fourth-order valence-electron chi connectivity index (χ4n) is 1.01. The monoisotopic (exact) mass is 294 g/mol. The van der Waals surface area contributed by atoms with E-state index < -0.39 is 28.6 Å². The van der Waals surface area contributed by atoms with Gasteiger partial charge in [0.25, 0.3) is 0 Å². The van der Waals surface area contributed by atoms with Gasteiger partial charge in [-0.2, -0.15) is 0 Å². The average Bonchev–Trinajstić information content (AvgIpc) is 2.23. The second-order valence-electron chi connectivity index (χ2n) is 4.55. The third kappa shape index (κ3) is 9.11. The fourth-order valence-corrected chi connectivity index (χ4v) is 1.72. The summed E-state index contributed by atoms with van der Waals surface area (Å²) in [6.45, 7) is 5.05. The molecule has 0 saturated heterocycles. The second kappa shape index (κ2) is 7.82. The number of carbonyl (C=O) groups excluding carboxylic acids is 2. The molecule has 9 heteroatoms. The smallest absolute Gasteiger partial charge is 0.408 e. The van der Waals surface area contributed by atoms with Gasteiger partial charge in [0.15, 0.2) is 0 Å². The Morgan fingerprint density at radius 3 is 2.42 bits per heavy atom. The van der Waals surface area contributed by atoms with Gasteiger partial charge in [0.05, 0.1) is 7.11 Å². The van der Waals surface area contributed by atoms with Crippen molar-refractivity contribution < 1.29 is 24.0 Å². The first-order valence-corrected chi connectivity index (χ1v) is 6.58. The Hall–Kier alpha value is -1.51. The van der Waals surface area contributed by atoms with Gasteiger partial charge in [0, 0.05) is 10.7 Å². The predicted octanol–water partition coefficient (Wildman–Crippen LogP) is 1.02. The van der Waals surface area contributed by atoms with E-state index in [0.717, 1.165) is 11.8 Å². The van der Waals surface area contributed by atoms with Crippen LogP contribution in [0.5, 0.6) is 0 Å². The van der Waals surface area contributed by atoms with E-state index in [-0.39, 0.29) is 11.6 Å². The minimum atomic E-state index is -0.982. The van der Waals surface area contributed by atoms with Crippen LogP contribution in [0.4, 0.5) is 4.79 Å². The van der Waals surface area contributed by atoms with Crippen LogP contribution in [0.1, 0.15) is 20.8 Å². The summed E-state index contributed by atoms with van der Waals surface area (Å²) in [4.78, 5) is 32.6. The summed E-state index contributed by atoms with van der Waals surface area (Å²) in [5, 5.41) is 12.5. The summed E-state index contributed by atoms with van der Waals surface area (Å²) in [6, 6.07) is -0.982. The van der Waals surface area contributed by atoms with E-state index >= 15 is 0 Å². The lowest BCUT2D eigenvalue weighted by Gasteiger charge is -2.22. The Kier molecular flexibility index (Phi) is 7.20. The van der Waals surface area contributed by atoms with Crippen LogP contribution < -0.4 is 5.32 Å². The Morgan fingerprint density at radius 2 is 2.00 bits per heavy atom. The van der Waals surface area contributed by atoms with E-state index in [4.69, 9.17) is 4.74 Å². The van der Waals surface area contributed by atoms with Crippen LogP contribution >= 0.6 is 11.8 Å². The highest BCUT2D eigenvalue weighted by Crippen LogP contribution is 2.09. The molecule has 0 aromatic heterocycles. The molecule has 8 nitrogen and oxygen atoms in total. The Balaban J connectivity index is 4.39. The normalized spacial score (nSPS) is 12.4. The van der Waals surface area contributed by atoms with Crippen molar-refractivity contribution >= 4 is 23.8 Å². The lowest BCUT2D eigenvalue weighted by atomic mass is 10.2. The molecule has 1 atom stereocenters. The Bertz CT molecular complexity index is 341. The summed E-state index contributed by atoms with van der Waals surface area (Å²) >= 11 is 0.903. The van der Waals surface area contributed by atoms with Crippen LogP contribution in [0, 0.1) is 10.1 Å². The molecule has 0 aromatic carbocycles. The van der Waals surface area contributed by atoms with Crippen molar-refractivity contribution in [2.75, 3.05) is 18.7 Å². The van der Waals surface area contributed by atoms with Crippen molar-refractivity contribution in [2.45, 2.75) is 32.4 Å². The highest BCUT2D eigenvalue weighted by molar-refractivity contribution is 7.99. The number of amides is 1. The van der Waals surface area contributed by atoms with Crippen molar-refractivity contribution in [3.05, 3.63) is 10.1 Å².